The fourth-order valence-electron chi connectivity index (χ4n) is 2.24. The number of carbonyl (C=O) groups excluding carboxylic acids is 1. The lowest BCUT2D eigenvalue weighted by molar-refractivity contribution is -0.140. The first kappa shape index (κ1) is 19.4. The predicted octanol–water partition coefficient (Wildman–Crippen LogP) is 4.18. The molecule has 1 aromatic rings. The van der Waals surface area contributed by atoms with Crippen molar-refractivity contribution in [2.45, 2.75) is 65.4 Å². The molecule has 1 heterocycles. The summed E-state index contributed by atoms with van der Waals surface area (Å²) in [6, 6.07) is 3.54. The highest BCUT2D eigenvalue weighted by Gasteiger charge is 2.33. The number of hydrogen-bond donors (Lipinski definition) is 1. The van der Waals surface area contributed by atoms with Gasteiger partial charge in [0.25, 0.3) is 5.91 Å². The maximum absolute atomic E-state index is 12.6. The molecule has 5 heteroatoms. The molecule has 1 amide bonds. The molecule has 5 nitrogen and oxygen atoms in total. The number of nitrogens with one attached hydrogen (secondary N) is 1. The lowest BCUT2D eigenvalue weighted by Gasteiger charge is -2.28. The first-order valence-electron chi connectivity index (χ1n) is 8.60. The second-order valence-corrected chi connectivity index (χ2v) is 5.81. The minimum atomic E-state index is -0.802. The smallest absolute Gasteiger partial charge is 0.256 e. The van der Waals surface area contributed by atoms with Gasteiger partial charge in [-0.05, 0) is 32.8 Å². The summed E-state index contributed by atoms with van der Waals surface area (Å²) in [6.45, 7) is 9.12. The van der Waals surface area contributed by atoms with Crippen LogP contribution < -0.4 is 10.1 Å². The van der Waals surface area contributed by atoms with Crippen LogP contribution in [0.25, 0.3) is 0 Å². The highest BCUT2D eigenvalue weighted by atomic mass is 16.5. The number of aromatic nitrogens is 1. The summed E-state index contributed by atoms with van der Waals surface area (Å²) in [7, 11) is 0. The van der Waals surface area contributed by atoms with Crippen LogP contribution in [0.3, 0.4) is 0 Å². The van der Waals surface area contributed by atoms with E-state index in [-0.39, 0.29) is 5.91 Å². The molecule has 0 spiro atoms. The number of carbonyl (C=O) groups is 1. The van der Waals surface area contributed by atoms with E-state index >= 15 is 0 Å². The van der Waals surface area contributed by atoms with Crippen LogP contribution in [0.15, 0.2) is 18.3 Å². The molecule has 23 heavy (non-hydrogen) atoms. The second kappa shape index (κ2) is 10.2. The van der Waals surface area contributed by atoms with Crippen LogP contribution in [-0.4, -0.2) is 29.7 Å². The topological polar surface area (TPSA) is 60.5 Å². The van der Waals surface area contributed by atoms with Crippen molar-refractivity contribution >= 4 is 11.6 Å². The molecule has 1 rings (SSSR count). The van der Waals surface area contributed by atoms with Crippen molar-refractivity contribution in [3.05, 3.63) is 18.3 Å². The SMILES string of the molecule is CCCCCC(C)(OCCC)C(=O)Nc1ccc(OCC)nc1. The highest BCUT2D eigenvalue weighted by Crippen LogP contribution is 2.23. The Balaban J connectivity index is 2.70. The Labute approximate surface area is 139 Å². The number of ether oxygens (including phenoxy) is 2. The molecule has 0 fully saturated rings. The molecule has 0 bridgehead atoms. The predicted molar refractivity (Wildman–Crippen MR) is 92.8 cm³/mol. The minimum Gasteiger partial charge on any atom is -0.478 e. The molecule has 130 valence electrons. The van der Waals surface area contributed by atoms with Crippen LogP contribution in [0.2, 0.25) is 0 Å². The largest absolute Gasteiger partial charge is 0.478 e. The summed E-state index contributed by atoms with van der Waals surface area (Å²) in [5.41, 5.74) is -0.149. The molecule has 0 aliphatic heterocycles. The third-order valence-electron chi connectivity index (χ3n) is 3.65. The molecule has 0 aliphatic carbocycles. The molecule has 1 atom stereocenters. The van der Waals surface area contributed by atoms with Crippen molar-refractivity contribution in [1.29, 1.82) is 0 Å². The first-order chi connectivity index (χ1) is 11.1. The van der Waals surface area contributed by atoms with Crippen LogP contribution in [0.5, 0.6) is 5.88 Å². The van der Waals surface area contributed by atoms with Gasteiger partial charge in [0.2, 0.25) is 5.88 Å². The van der Waals surface area contributed by atoms with E-state index in [2.05, 4.69) is 17.2 Å². The Morgan fingerprint density at radius 3 is 2.57 bits per heavy atom. The van der Waals surface area contributed by atoms with Gasteiger partial charge in [-0.25, -0.2) is 4.98 Å². The standard InChI is InChI=1S/C18H30N2O3/c1-5-8-9-12-18(4,23-13-6-2)17(21)20-15-10-11-16(19-14-15)22-7-3/h10-11,14H,5-9,12-13H2,1-4H3,(H,20,21). The molecular weight excluding hydrogens is 292 g/mol. The molecule has 1 aromatic heterocycles. The third kappa shape index (κ3) is 6.57. The monoisotopic (exact) mass is 322 g/mol. The van der Waals surface area contributed by atoms with Crippen LogP contribution in [-0.2, 0) is 9.53 Å². The van der Waals surface area contributed by atoms with Crippen LogP contribution >= 0.6 is 0 Å². The molecule has 0 radical (unpaired) electrons. The quantitative estimate of drug-likeness (QED) is 0.621. The van der Waals surface area contributed by atoms with E-state index in [1.807, 2.05) is 20.8 Å². The van der Waals surface area contributed by atoms with Gasteiger partial charge in [0.05, 0.1) is 18.5 Å². The summed E-state index contributed by atoms with van der Waals surface area (Å²) in [6.07, 6.45) is 6.41. The zero-order valence-corrected chi connectivity index (χ0v) is 14.9. The minimum absolute atomic E-state index is 0.118. The van der Waals surface area contributed by atoms with Gasteiger partial charge in [-0.15, -0.1) is 0 Å². The molecule has 0 aromatic carbocycles. The first-order valence-corrected chi connectivity index (χ1v) is 8.60. The zero-order valence-electron chi connectivity index (χ0n) is 14.9. The van der Waals surface area contributed by atoms with Crippen molar-refractivity contribution in [1.82, 2.24) is 4.98 Å². The normalized spacial score (nSPS) is 13.4. The zero-order chi connectivity index (χ0) is 17.1. The van der Waals surface area contributed by atoms with Gasteiger partial charge in [0, 0.05) is 12.7 Å². The van der Waals surface area contributed by atoms with E-state index in [0.29, 0.717) is 24.8 Å². The number of hydrogen-bond acceptors (Lipinski definition) is 4. The fourth-order valence-corrected chi connectivity index (χ4v) is 2.24. The van der Waals surface area contributed by atoms with Gasteiger partial charge in [0.15, 0.2) is 0 Å². The van der Waals surface area contributed by atoms with E-state index in [4.69, 9.17) is 9.47 Å². The Hall–Kier alpha value is -1.62. The van der Waals surface area contributed by atoms with Crippen LogP contribution in [0.4, 0.5) is 5.69 Å². The molecule has 0 saturated heterocycles. The fraction of sp³-hybridized carbons (Fsp3) is 0.667. The molecular formula is C18H30N2O3. The van der Waals surface area contributed by atoms with Crippen molar-refractivity contribution in [2.75, 3.05) is 18.5 Å². The van der Waals surface area contributed by atoms with Gasteiger partial charge in [-0.3, -0.25) is 4.79 Å². The number of pyridine rings is 1. The Bertz CT molecular complexity index is 462. The van der Waals surface area contributed by atoms with E-state index in [0.717, 1.165) is 32.1 Å². The van der Waals surface area contributed by atoms with Gasteiger partial charge >= 0.3 is 0 Å². The number of anilines is 1. The Morgan fingerprint density at radius 2 is 2.00 bits per heavy atom. The number of rotatable bonds is 11. The highest BCUT2D eigenvalue weighted by molar-refractivity contribution is 5.96. The van der Waals surface area contributed by atoms with Crippen molar-refractivity contribution in [3.63, 3.8) is 0 Å². The van der Waals surface area contributed by atoms with Gasteiger partial charge < -0.3 is 14.8 Å². The van der Waals surface area contributed by atoms with E-state index in [1.165, 1.54) is 0 Å². The molecule has 1 unspecified atom stereocenters. The maximum atomic E-state index is 12.6. The van der Waals surface area contributed by atoms with Crippen LogP contribution in [0.1, 0.15) is 59.8 Å². The summed E-state index contributed by atoms with van der Waals surface area (Å²) in [5, 5.41) is 2.91. The van der Waals surface area contributed by atoms with E-state index in [9.17, 15) is 4.79 Å². The average Bonchev–Trinajstić information content (AvgIpc) is 2.55. The maximum Gasteiger partial charge on any atom is 0.256 e. The average molecular weight is 322 g/mol. The van der Waals surface area contributed by atoms with E-state index in [1.54, 1.807) is 18.3 Å². The number of amides is 1. The third-order valence-corrected chi connectivity index (χ3v) is 3.65. The van der Waals surface area contributed by atoms with Crippen molar-refractivity contribution in [3.8, 4) is 5.88 Å². The van der Waals surface area contributed by atoms with Gasteiger partial charge in [-0.2, -0.15) is 0 Å². The van der Waals surface area contributed by atoms with Crippen LogP contribution in [0, 0.1) is 0 Å². The summed E-state index contributed by atoms with van der Waals surface area (Å²) in [5.74, 6) is 0.437. The van der Waals surface area contributed by atoms with Crippen molar-refractivity contribution in [2.24, 2.45) is 0 Å². The van der Waals surface area contributed by atoms with Gasteiger partial charge in [0.1, 0.15) is 5.60 Å². The van der Waals surface area contributed by atoms with Gasteiger partial charge in [-0.1, -0.05) is 33.1 Å². The Morgan fingerprint density at radius 1 is 1.22 bits per heavy atom. The van der Waals surface area contributed by atoms with E-state index < -0.39 is 5.60 Å². The van der Waals surface area contributed by atoms with Crippen molar-refractivity contribution < 1.29 is 14.3 Å². The molecule has 0 saturated carbocycles. The lowest BCUT2D eigenvalue weighted by Crippen LogP contribution is -2.43. The summed E-state index contributed by atoms with van der Waals surface area (Å²) < 4.78 is 11.2. The Kier molecular flexibility index (Phi) is 8.62. The number of unbranched alkanes of at least 4 members (excludes halogenated alkanes) is 2. The lowest BCUT2D eigenvalue weighted by atomic mass is 9.96. The molecule has 0 aliphatic rings. The number of nitrogens with zero attached hydrogens (tertiary/aromatic N) is 1. The summed E-state index contributed by atoms with van der Waals surface area (Å²) in [4.78, 5) is 16.8. The summed E-state index contributed by atoms with van der Waals surface area (Å²) >= 11 is 0. The second-order valence-electron chi connectivity index (χ2n) is 5.81. The molecule has 1 N–H and O–H groups in total.